The molecule has 3 heterocycles. The van der Waals surface area contributed by atoms with Gasteiger partial charge < -0.3 is 4.90 Å². The van der Waals surface area contributed by atoms with E-state index in [4.69, 9.17) is 0 Å². The monoisotopic (exact) mass is 320 g/mol. The maximum Gasteiger partial charge on any atom is 0.285 e. The summed E-state index contributed by atoms with van der Waals surface area (Å²) in [6.07, 6.45) is 2.97. The second kappa shape index (κ2) is 6.12. The van der Waals surface area contributed by atoms with E-state index in [0.29, 0.717) is 17.4 Å². The Bertz CT molecular complexity index is 664. The zero-order valence-electron chi connectivity index (χ0n) is 13.0. The highest BCUT2D eigenvalue weighted by molar-refractivity contribution is 7.13. The molecule has 0 aliphatic carbocycles. The number of aromatic amines is 1. The van der Waals surface area contributed by atoms with Gasteiger partial charge in [0.25, 0.3) is 5.91 Å². The van der Waals surface area contributed by atoms with E-state index in [9.17, 15) is 4.79 Å². The molecule has 0 bridgehead atoms. The van der Waals surface area contributed by atoms with Crippen molar-refractivity contribution >= 4 is 17.2 Å². The van der Waals surface area contributed by atoms with Crippen molar-refractivity contribution in [3.05, 3.63) is 21.7 Å². The third-order valence-electron chi connectivity index (χ3n) is 3.79. The van der Waals surface area contributed by atoms with Crippen LogP contribution in [0.15, 0.2) is 0 Å². The number of rotatable bonds is 3. The third-order valence-corrected chi connectivity index (χ3v) is 5.01. The van der Waals surface area contributed by atoms with Crippen molar-refractivity contribution < 1.29 is 4.79 Å². The van der Waals surface area contributed by atoms with Crippen LogP contribution < -0.4 is 0 Å². The second-order valence-electron chi connectivity index (χ2n) is 5.89. The number of likely N-dealkylation sites (tertiary alicyclic amines) is 1. The summed E-state index contributed by atoms with van der Waals surface area (Å²) in [6.45, 7) is 6.68. The lowest BCUT2D eigenvalue weighted by Crippen LogP contribution is -2.39. The molecule has 0 aromatic carbocycles. The van der Waals surface area contributed by atoms with Crippen molar-refractivity contribution in [3.8, 4) is 0 Å². The number of carbonyl (C=O) groups excluding carboxylic acids is 1. The van der Waals surface area contributed by atoms with Crippen molar-refractivity contribution in [2.24, 2.45) is 0 Å². The minimum Gasteiger partial charge on any atom is -0.326 e. The van der Waals surface area contributed by atoms with Crippen LogP contribution in [-0.4, -0.2) is 42.7 Å². The molecule has 1 atom stereocenters. The Hall–Kier alpha value is -1.83. The van der Waals surface area contributed by atoms with E-state index >= 15 is 0 Å². The fourth-order valence-corrected chi connectivity index (χ4v) is 3.43. The molecule has 0 spiro atoms. The Morgan fingerprint density at radius 2 is 2.18 bits per heavy atom. The molecular weight excluding hydrogens is 300 g/mol. The molecule has 22 heavy (non-hydrogen) atoms. The summed E-state index contributed by atoms with van der Waals surface area (Å²) in [4.78, 5) is 19.0. The van der Waals surface area contributed by atoms with E-state index < -0.39 is 0 Å². The summed E-state index contributed by atoms with van der Waals surface area (Å²) in [6, 6.07) is -0.0717. The largest absolute Gasteiger partial charge is 0.326 e. The highest BCUT2D eigenvalue weighted by Crippen LogP contribution is 2.31. The van der Waals surface area contributed by atoms with Gasteiger partial charge in [-0.1, -0.05) is 25.2 Å². The second-order valence-corrected chi connectivity index (χ2v) is 6.90. The average molecular weight is 320 g/mol. The predicted molar refractivity (Wildman–Crippen MR) is 82.7 cm³/mol. The van der Waals surface area contributed by atoms with Gasteiger partial charge in [-0.15, -0.1) is 10.2 Å². The summed E-state index contributed by atoms with van der Waals surface area (Å²) >= 11 is 1.38. The summed E-state index contributed by atoms with van der Waals surface area (Å²) in [7, 11) is 0. The van der Waals surface area contributed by atoms with E-state index in [1.54, 1.807) is 0 Å². The number of nitrogens with one attached hydrogen (secondary N) is 1. The smallest absolute Gasteiger partial charge is 0.285 e. The van der Waals surface area contributed by atoms with Gasteiger partial charge in [0.2, 0.25) is 5.01 Å². The van der Waals surface area contributed by atoms with Crippen molar-refractivity contribution in [1.29, 1.82) is 0 Å². The van der Waals surface area contributed by atoms with Crippen LogP contribution in [0, 0.1) is 6.92 Å². The number of nitrogens with zero attached hydrogens (tertiary/aromatic N) is 5. The number of amides is 1. The summed E-state index contributed by atoms with van der Waals surface area (Å²) in [5.74, 6) is 1.69. The third kappa shape index (κ3) is 2.87. The molecule has 1 unspecified atom stereocenters. The van der Waals surface area contributed by atoms with Crippen LogP contribution in [-0.2, 0) is 0 Å². The molecule has 1 fully saturated rings. The van der Waals surface area contributed by atoms with E-state index in [1.165, 1.54) is 11.3 Å². The van der Waals surface area contributed by atoms with Crippen LogP contribution in [0.2, 0.25) is 0 Å². The molecule has 118 valence electrons. The SMILES string of the molecule is Cc1nc(C2CCCCN2C(=O)c2nnc(C(C)C)s2)n[nH]1. The number of hydrogen-bond donors (Lipinski definition) is 1. The first-order valence-electron chi connectivity index (χ1n) is 7.59. The number of hydrogen-bond acceptors (Lipinski definition) is 6. The number of carbonyl (C=O) groups is 1. The molecule has 8 heteroatoms. The molecule has 1 amide bonds. The lowest BCUT2D eigenvalue weighted by Gasteiger charge is -2.33. The minimum absolute atomic E-state index is 0.0587. The fraction of sp³-hybridized carbons (Fsp3) is 0.643. The Morgan fingerprint density at radius 1 is 1.36 bits per heavy atom. The van der Waals surface area contributed by atoms with E-state index in [0.717, 1.165) is 30.1 Å². The first kappa shape index (κ1) is 15.1. The maximum atomic E-state index is 12.8. The fourth-order valence-electron chi connectivity index (χ4n) is 2.63. The lowest BCUT2D eigenvalue weighted by molar-refractivity contribution is 0.0599. The highest BCUT2D eigenvalue weighted by Gasteiger charge is 2.33. The Labute approximate surface area is 133 Å². The summed E-state index contributed by atoms with van der Waals surface area (Å²) < 4.78 is 0. The van der Waals surface area contributed by atoms with Crippen LogP contribution in [0.3, 0.4) is 0 Å². The molecule has 1 aliphatic heterocycles. The number of aromatic nitrogens is 5. The number of H-pyrrole nitrogens is 1. The van der Waals surface area contributed by atoms with Gasteiger partial charge in [-0.25, -0.2) is 4.98 Å². The molecule has 3 rings (SSSR count). The Balaban J connectivity index is 1.84. The van der Waals surface area contributed by atoms with E-state index in [1.807, 2.05) is 11.8 Å². The van der Waals surface area contributed by atoms with Gasteiger partial charge in [0.05, 0.1) is 6.04 Å². The number of piperidine rings is 1. The van der Waals surface area contributed by atoms with Crippen LogP contribution in [0.4, 0.5) is 0 Å². The summed E-state index contributed by atoms with van der Waals surface area (Å²) in [5, 5.41) is 16.6. The molecular formula is C14H20N6OS. The quantitative estimate of drug-likeness (QED) is 0.938. The predicted octanol–water partition coefficient (Wildman–Crippen LogP) is 2.46. The Kier molecular flexibility index (Phi) is 4.19. The topological polar surface area (TPSA) is 87.7 Å². The van der Waals surface area contributed by atoms with Crippen molar-refractivity contribution in [2.45, 2.75) is 52.0 Å². The molecule has 0 saturated carbocycles. The van der Waals surface area contributed by atoms with Gasteiger partial charge >= 0.3 is 0 Å². The first-order valence-corrected chi connectivity index (χ1v) is 8.41. The molecule has 0 radical (unpaired) electrons. The Morgan fingerprint density at radius 3 is 2.82 bits per heavy atom. The minimum atomic E-state index is -0.0717. The van der Waals surface area contributed by atoms with Crippen molar-refractivity contribution in [3.63, 3.8) is 0 Å². The zero-order chi connectivity index (χ0) is 15.7. The lowest BCUT2D eigenvalue weighted by atomic mass is 10.0. The zero-order valence-corrected chi connectivity index (χ0v) is 13.9. The highest BCUT2D eigenvalue weighted by atomic mass is 32.1. The molecule has 1 aliphatic rings. The van der Waals surface area contributed by atoms with Crippen LogP contribution in [0.25, 0.3) is 0 Å². The molecule has 1 saturated heterocycles. The van der Waals surface area contributed by atoms with Crippen LogP contribution >= 0.6 is 11.3 Å². The number of aryl methyl sites for hydroxylation is 1. The van der Waals surface area contributed by atoms with Crippen LogP contribution in [0.1, 0.15) is 71.5 Å². The first-order chi connectivity index (χ1) is 10.6. The van der Waals surface area contributed by atoms with Gasteiger partial charge in [0, 0.05) is 12.5 Å². The van der Waals surface area contributed by atoms with Gasteiger partial charge in [-0.2, -0.15) is 5.10 Å². The van der Waals surface area contributed by atoms with Gasteiger partial charge in [0.15, 0.2) is 5.82 Å². The van der Waals surface area contributed by atoms with Gasteiger partial charge in [0.1, 0.15) is 10.8 Å². The molecule has 2 aromatic heterocycles. The van der Waals surface area contributed by atoms with Crippen molar-refractivity contribution in [1.82, 2.24) is 30.3 Å². The molecule has 1 N–H and O–H groups in total. The summed E-state index contributed by atoms with van der Waals surface area (Å²) in [5.41, 5.74) is 0. The molecule has 2 aromatic rings. The maximum absolute atomic E-state index is 12.8. The van der Waals surface area contributed by atoms with Gasteiger partial charge in [-0.05, 0) is 26.2 Å². The average Bonchev–Trinajstić information content (AvgIpc) is 3.15. The molecule has 7 nitrogen and oxygen atoms in total. The van der Waals surface area contributed by atoms with E-state index in [-0.39, 0.29) is 17.9 Å². The van der Waals surface area contributed by atoms with Crippen molar-refractivity contribution in [2.75, 3.05) is 6.54 Å². The van der Waals surface area contributed by atoms with Crippen LogP contribution in [0.5, 0.6) is 0 Å². The standard InChI is InChI=1S/C14H20N6OS/c1-8(2)12-18-19-13(22-12)14(21)20-7-5-4-6-10(20)11-15-9(3)16-17-11/h8,10H,4-7H2,1-3H3,(H,15,16,17). The van der Waals surface area contributed by atoms with Gasteiger partial charge in [-0.3, -0.25) is 9.89 Å². The normalized spacial score (nSPS) is 18.9. The van der Waals surface area contributed by atoms with E-state index in [2.05, 4.69) is 39.2 Å².